The quantitative estimate of drug-likeness (QED) is 0.795. The number of rotatable bonds is 4. The number of aromatic nitrogens is 2. The molecule has 0 saturated carbocycles. The largest absolute Gasteiger partial charge is 0.497 e. The van der Waals surface area contributed by atoms with E-state index in [4.69, 9.17) is 4.74 Å². The van der Waals surface area contributed by atoms with E-state index in [1.807, 2.05) is 44.4 Å². The first-order valence-corrected chi connectivity index (χ1v) is 7.46. The highest BCUT2D eigenvalue weighted by atomic mass is 16.5. The van der Waals surface area contributed by atoms with Crippen LogP contribution >= 0.6 is 0 Å². The number of ether oxygens (including phenoxy) is 1. The molecular weight excluding hydrogens is 288 g/mol. The molecule has 23 heavy (non-hydrogen) atoms. The van der Waals surface area contributed by atoms with Crippen LogP contribution < -0.4 is 15.0 Å². The van der Waals surface area contributed by atoms with Crippen LogP contribution in [0.4, 0.5) is 17.5 Å². The van der Waals surface area contributed by atoms with Gasteiger partial charge in [-0.15, -0.1) is 0 Å². The Kier molecular flexibility index (Phi) is 4.02. The van der Waals surface area contributed by atoms with E-state index in [9.17, 15) is 0 Å². The summed E-state index contributed by atoms with van der Waals surface area (Å²) < 4.78 is 5.22. The van der Waals surface area contributed by atoms with Gasteiger partial charge in [-0.2, -0.15) is 4.98 Å². The monoisotopic (exact) mass is 308 g/mol. The molecule has 0 aliphatic rings. The fraction of sp³-hybridized carbons (Fsp3) is 0.222. The van der Waals surface area contributed by atoms with Crippen LogP contribution in [0.3, 0.4) is 0 Å². The van der Waals surface area contributed by atoms with Crippen LogP contribution in [0.5, 0.6) is 5.75 Å². The van der Waals surface area contributed by atoms with Gasteiger partial charge in [-0.3, -0.25) is 0 Å². The minimum absolute atomic E-state index is 0.608. The predicted octanol–water partition coefficient (Wildman–Crippen LogP) is 3.76. The van der Waals surface area contributed by atoms with E-state index in [0.717, 1.165) is 28.2 Å². The molecule has 0 aliphatic heterocycles. The molecule has 1 N–H and O–H groups in total. The lowest BCUT2D eigenvalue weighted by molar-refractivity contribution is 0.415. The summed E-state index contributed by atoms with van der Waals surface area (Å²) in [4.78, 5) is 11.2. The number of methoxy groups -OCH3 is 1. The van der Waals surface area contributed by atoms with Gasteiger partial charge in [0, 0.05) is 25.2 Å². The van der Waals surface area contributed by atoms with Crippen molar-refractivity contribution < 1.29 is 4.74 Å². The molecule has 0 aliphatic carbocycles. The molecule has 3 aromatic rings. The third-order valence-corrected chi connectivity index (χ3v) is 3.83. The molecule has 5 heteroatoms. The molecule has 0 fully saturated rings. The minimum Gasteiger partial charge on any atom is -0.497 e. The summed E-state index contributed by atoms with van der Waals surface area (Å²) in [5.41, 5.74) is 3.14. The third-order valence-electron chi connectivity index (χ3n) is 3.83. The summed E-state index contributed by atoms with van der Waals surface area (Å²) in [6, 6.07) is 14.1. The van der Waals surface area contributed by atoms with Gasteiger partial charge in [-0.25, -0.2) is 4.98 Å². The number of benzene rings is 2. The van der Waals surface area contributed by atoms with E-state index in [1.54, 1.807) is 7.11 Å². The molecule has 5 nitrogen and oxygen atoms in total. The van der Waals surface area contributed by atoms with Crippen molar-refractivity contribution in [2.24, 2.45) is 0 Å². The first kappa shape index (κ1) is 15.1. The second-order valence-corrected chi connectivity index (χ2v) is 5.40. The van der Waals surface area contributed by atoms with E-state index in [2.05, 4.69) is 39.2 Å². The lowest BCUT2D eigenvalue weighted by Crippen LogP contribution is -2.13. The summed E-state index contributed by atoms with van der Waals surface area (Å²) >= 11 is 0. The minimum atomic E-state index is 0.608. The second kappa shape index (κ2) is 6.12. The molecule has 0 amide bonds. The number of nitrogens with one attached hydrogen (secondary N) is 1. The van der Waals surface area contributed by atoms with Crippen LogP contribution in [0.15, 0.2) is 42.5 Å². The maximum atomic E-state index is 5.22. The number of fused-ring (bicyclic) bond motifs is 1. The molecule has 0 unspecified atom stereocenters. The normalized spacial score (nSPS) is 10.6. The maximum Gasteiger partial charge on any atom is 0.224 e. The zero-order valence-corrected chi connectivity index (χ0v) is 13.8. The molecule has 1 aromatic heterocycles. The Morgan fingerprint density at radius 3 is 2.43 bits per heavy atom. The molecule has 2 aromatic carbocycles. The van der Waals surface area contributed by atoms with E-state index in [-0.39, 0.29) is 0 Å². The topological polar surface area (TPSA) is 50.3 Å². The van der Waals surface area contributed by atoms with Crippen LogP contribution in [-0.2, 0) is 0 Å². The Labute approximate surface area is 135 Å². The summed E-state index contributed by atoms with van der Waals surface area (Å²) in [5, 5.41) is 4.06. The van der Waals surface area contributed by atoms with Crippen molar-refractivity contribution in [3.63, 3.8) is 0 Å². The fourth-order valence-corrected chi connectivity index (χ4v) is 2.52. The van der Waals surface area contributed by atoms with Gasteiger partial charge >= 0.3 is 0 Å². The Hall–Kier alpha value is -2.82. The summed E-state index contributed by atoms with van der Waals surface area (Å²) in [5.74, 6) is 2.31. The number of hydrogen-bond acceptors (Lipinski definition) is 5. The fourth-order valence-electron chi connectivity index (χ4n) is 2.52. The zero-order valence-electron chi connectivity index (χ0n) is 13.8. The van der Waals surface area contributed by atoms with Gasteiger partial charge < -0.3 is 15.0 Å². The van der Waals surface area contributed by atoms with Gasteiger partial charge in [0.25, 0.3) is 0 Å². The Balaban J connectivity index is 2.14. The van der Waals surface area contributed by atoms with Crippen LogP contribution in [0.2, 0.25) is 0 Å². The van der Waals surface area contributed by atoms with E-state index in [0.29, 0.717) is 5.95 Å². The highest BCUT2D eigenvalue weighted by molar-refractivity contribution is 5.92. The molecule has 0 radical (unpaired) electrons. The SMILES string of the molecule is CNc1nc(N(C)c2ccc(OC)cc2)c2cc(C)ccc2n1. The van der Waals surface area contributed by atoms with Gasteiger partial charge in [0.2, 0.25) is 5.95 Å². The first-order valence-electron chi connectivity index (χ1n) is 7.46. The molecule has 0 atom stereocenters. The van der Waals surface area contributed by atoms with Crippen LogP contribution in [0.1, 0.15) is 5.56 Å². The van der Waals surface area contributed by atoms with Gasteiger partial charge in [0.15, 0.2) is 0 Å². The van der Waals surface area contributed by atoms with Crippen LogP contribution in [-0.4, -0.2) is 31.2 Å². The van der Waals surface area contributed by atoms with Crippen molar-refractivity contribution in [1.82, 2.24) is 9.97 Å². The predicted molar refractivity (Wildman–Crippen MR) is 94.9 cm³/mol. The average Bonchev–Trinajstić information content (AvgIpc) is 2.60. The number of nitrogens with zero attached hydrogens (tertiary/aromatic N) is 3. The molecule has 118 valence electrons. The number of hydrogen-bond donors (Lipinski definition) is 1. The third kappa shape index (κ3) is 2.90. The van der Waals surface area contributed by atoms with Crippen molar-refractivity contribution in [2.45, 2.75) is 6.92 Å². The number of aryl methyl sites for hydroxylation is 1. The van der Waals surface area contributed by atoms with E-state index >= 15 is 0 Å². The Morgan fingerprint density at radius 1 is 1.04 bits per heavy atom. The Bertz CT molecular complexity index is 830. The van der Waals surface area contributed by atoms with Crippen LogP contribution in [0, 0.1) is 6.92 Å². The van der Waals surface area contributed by atoms with Gasteiger partial charge in [-0.05, 0) is 43.3 Å². The highest BCUT2D eigenvalue weighted by Crippen LogP contribution is 2.31. The molecule has 0 bridgehead atoms. The lowest BCUT2D eigenvalue weighted by Gasteiger charge is -2.21. The average molecular weight is 308 g/mol. The molecule has 3 rings (SSSR count). The molecule has 0 saturated heterocycles. The molecule has 0 spiro atoms. The summed E-state index contributed by atoms with van der Waals surface area (Å²) in [6.45, 7) is 2.07. The van der Waals surface area contributed by atoms with Crippen molar-refractivity contribution >= 4 is 28.4 Å². The van der Waals surface area contributed by atoms with Gasteiger partial charge in [0.1, 0.15) is 11.6 Å². The van der Waals surface area contributed by atoms with Crippen molar-refractivity contribution in [1.29, 1.82) is 0 Å². The summed E-state index contributed by atoms with van der Waals surface area (Å²) in [6.07, 6.45) is 0. The van der Waals surface area contributed by atoms with Crippen LogP contribution in [0.25, 0.3) is 10.9 Å². The standard InChI is InChI=1S/C18H20N4O/c1-12-5-10-16-15(11-12)17(21-18(19-2)20-16)22(3)13-6-8-14(23-4)9-7-13/h5-11H,1-4H3,(H,19,20,21). The lowest BCUT2D eigenvalue weighted by atomic mass is 10.1. The van der Waals surface area contributed by atoms with Crippen molar-refractivity contribution in [3.05, 3.63) is 48.0 Å². The summed E-state index contributed by atoms with van der Waals surface area (Å²) in [7, 11) is 5.50. The van der Waals surface area contributed by atoms with Gasteiger partial charge in [-0.1, -0.05) is 11.6 Å². The Morgan fingerprint density at radius 2 is 1.78 bits per heavy atom. The molecule has 1 heterocycles. The maximum absolute atomic E-state index is 5.22. The van der Waals surface area contributed by atoms with Crippen molar-refractivity contribution in [2.75, 3.05) is 31.4 Å². The smallest absolute Gasteiger partial charge is 0.224 e. The van der Waals surface area contributed by atoms with E-state index < -0.39 is 0 Å². The van der Waals surface area contributed by atoms with E-state index in [1.165, 1.54) is 5.56 Å². The van der Waals surface area contributed by atoms with Gasteiger partial charge in [0.05, 0.1) is 12.6 Å². The zero-order chi connectivity index (χ0) is 16.4. The molecular formula is C18H20N4O. The first-order chi connectivity index (χ1) is 11.1. The second-order valence-electron chi connectivity index (χ2n) is 5.40. The highest BCUT2D eigenvalue weighted by Gasteiger charge is 2.13. The van der Waals surface area contributed by atoms with Crippen molar-refractivity contribution in [3.8, 4) is 5.75 Å². The number of anilines is 3.